The molecule has 0 radical (unpaired) electrons. The van der Waals surface area contributed by atoms with Gasteiger partial charge in [0.05, 0.1) is 5.69 Å². The molecule has 2 aromatic heterocycles. The average Bonchev–Trinajstić information content (AvgIpc) is 2.54. The highest BCUT2D eigenvalue weighted by molar-refractivity contribution is 5.49. The van der Waals surface area contributed by atoms with Gasteiger partial charge < -0.3 is 4.90 Å². The summed E-state index contributed by atoms with van der Waals surface area (Å²) in [5, 5.41) is 0. The van der Waals surface area contributed by atoms with Gasteiger partial charge in [-0.15, -0.1) is 0 Å². The van der Waals surface area contributed by atoms with E-state index < -0.39 is 12.2 Å². The second kappa shape index (κ2) is 6.06. The van der Waals surface area contributed by atoms with E-state index in [0.29, 0.717) is 18.5 Å². The number of aromatic nitrogens is 2. The fourth-order valence-corrected chi connectivity index (χ4v) is 3.00. The Kier molecular flexibility index (Phi) is 4.11. The number of hydrogen-bond acceptors (Lipinski definition) is 3. The summed E-state index contributed by atoms with van der Waals surface area (Å²) in [4.78, 5) is 17.5. The van der Waals surface area contributed by atoms with Crippen molar-refractivity contribution in [1.29, 1.82) is 0 Å². The summed E-state index contributed by atoms with van der Waals surface area (Å²) >= 11 is 0. The number of halogens is 3. The monoisotopic (exact) mass is 323 g/mol. The van der Waals surface area contributed by atoms with Crippen LogP contribution in [0.5, 0.6) is 0 Å². The molecule has 1 atom stereocenters. The lowest BCUT2D eigenvalue weighted by Crippen LogP contribution is -2.50. The molecular weight excluding hydrogens is 307 g/mol. The molecule has 0 spiro atoms. The molecule has 1 saturated heterocycles. The van der Waals surface area contributed by atoms with Gasteiger partial charge in [0.2, 0.25) is 0 Å². The van der Waals surface area contributed by atoms with Crippen LogP contribution in [0.2, 0.25) is 0 Å². The first kappa shape index (κ1) is 15.6. The third-order valence-corrected chi connectivity index (χ3v) is 4.03. The fourth-order valence-electron chi connectivity index (χ4n) is 3.00. The molecule has 0 aliphatic carbocycles. The third-order valence-electron chi connectivity index (χ3n) is 4.03. The van der Waals surface area contributed by atoms with Crippen LogP contribution in [0.3, 0.4) is 0 Å². The molecule has 0 N–H and O–H groups in total. The molecule has 3 rings (SSSR count). The van der Waals surface area contributed by atoms with Crippen molar-refractivity contribution in [2.45, 2.75) is 31.5 Å². The number of pyridine rings is 2. The van der Waals surface area contributed by atoms with Crippen LogP contribution in [0.15, 0.2) is 47.5 Å². The molecule has 1 unspecified atom stereocenters. The number of hydrogen-bond donors (Lipinski definition) is 0. The molecule has 4 nitrogen and oxygen atoms in total. The maximum atomic E-state index is 13.4. The van der Waals surface area contributed by atoms with E-state index in [1.54, 1.807) is 18.2 Å². The standard InChI is InChI=1S/C16H16F3N3O/c17-16(18,19)13-4-1-2-11-21(13)14-5-3-6-15(23)22(14)12-7-9-20-10-8-12/h3,5-10,13H,1-2,4,11H2. The Morgan fingerprint density at radius 3 is 2.52 bits per heavy atom. The van der Waals surface area contributed by atoms with Crippen molar-refractivity contribution in [3.63, 3.8) is 0 Å². The second-order valence-corrected chi connectivity index (χ2v) is 5.51. The molecule has 2 aromatic rings. The van der Waals surface area contributed by atoms with Gasteiger partial charge in [0.15, 0.2) is 0 Å². The van der Waals surface area contributed by atoms with E-state index in [9.17, 15) is 18.0 Å². The number of anilines is 1. The molecule has 23 heavy (non-hydrogen) atoms. The average molecular weight is 323 g/mol. The first-order chi connectivity index (χ1) is 11.0. The Labute approximate surface area is 131 Å². The molecule has 0 amide bonds. The minimum absolute atomic E-state index is 0.0446. The molecule has 0 saturated carbocycles. The summed E-state index contributed by atoms with van der Waals surface area (Å²) in [6.07, 6.45) is -0.0523. The fraction of sp³-hybridized carbons (Fsp3) is 0.375. The van der Waals surface area contributed by atoms with Crippen LogP contribution in [0.25, 0.3) is 5.69 Å². The van der Waals surface area contributed by atoms with Crippen LogP contribution >= 0.6 is 0 Å². The zero-order valence-corrected chi connectivity index (χ0v) is 12.3. The number of rotatable bonds is 2. The van der Waals surface area contributed by atoms with E-state index in [0.717, 1.165) is 0 Å². The van der Waals surface area contributed by atoms with E-state index in [2.05, 4.69) is 4.98 Å². The molecule has 1 aliphatic rings. The quantitative estimate of drug-likeness (QED) is 0.852. The van der Waals surface area contributed by atoms with Gasteiger partial charge in [-0.1, -0.05) is 6.07 Å². The summed E-state index contributed by atoms with van der Waals surface area (Å²) in [6, 6.07) is 6.06. The van der Waals surface area contributed by atoms with E-state index >= 15 is 0 Å². The van der Waals surface area contributed by atoms with Crippen LogP contribution in [0.4, 0.5) is 19.0 Å². The summed E-state index contributed by atoms with van der Waals surface area (Å²) in [5.74, 6) is 0.269. The van der Waals surface area contributed by atoms with Crippen molar-refractivity contribution in [3.8, 4) is 5.69 Å². The van der Waals surface area contributed by atoms with Crippen LogP contribution in [-0.4, -0.2) is 28.3 Å². The van der Waals surface area contributed by atoms with Crippen molar-refractivity contribution in [2.75, 3.05) is 11.4 Å². The first-order valence-electron chi connectivity index (χ1n) is 7.44. The van der Waals surface area contributed by atoms with Gasteiger partial charge in [0, 0.05) is 25.0 Å². The van der Waals surface area contributed by atoms with Crippen molar-refractivity contribution in [1.82, 2.24) is 9.55 Å². The maximum Gasteiger partial charge on any atom is 0.408 e. The molecule has 0 bridgehead atoms. The lowest BCUT2D eigenvalue weighted by molar-refractivity contribution is -0.152. The minimum Gasteiger partial charge on any atom is -0.346 e. The molecule has 1 aliphatic heterocycles. The number of alkyl halides is 3. The smallest absolute Gasteiger partial charge is 0.346 e. The molecular formula is C16H16F3N3O. The minimum atomic E-state index is -4.32. The van der Waals surface area contributed by atoms with Gasteiger partial charge in [-0.3, -0.25) is 14.3 Å². The Balaban J connectivity index is 2.13. The Morgan fingerprint density at radius 2 is 1.83 bits per heavy atom. The molecule has 1 fully saturated rings. The highest BCUT2D eigenvalue weighted by atomic mass is 19.4. The van der Waals surface area contributed by atoms with Gasteiger partial charge in [0.1, 0.15) is 11.9 Å². The van der Waals surface area contributed by atoms with Crippen molar-refractivity contribution in [2.24, 2.45) is 0 Å². The van der Waals surface area contributed by atoms with Gasteiger partial charge in [-0.25, -0.2) is 0 Å². The largest absolute Gasteiger partial charge is 0.408 e. The van der Waals surface area contributed by atoms with E-state index in [1.165, 1.54) is 34.0 Å². The van der Waals surface area contributed by atoms with Crippen LogP contribution in [0.1, 0.15) is 19.3 Å². The lowest BCUT2D eigenvalue weighted by atomic mass is 10.0. The van der Waals surface area contributed by atoms with Crippen molar-refractivity contribution < 1.29 is 13.2 Å². The third kappa shape index (κ3) is 3.09. The van der Waals surface area contributed by atoms with Crippen LogP contribution < -0.4 is 10.5 Å². The molecule has 7 heteroatoms. The summed E-state index contributed by atoms with van der Waals surface area (Å²) < 4.78 is 41.4. The topological polar surface area (TPSA) is 38.1 Å². The molecule has 0 aromatic carbocycles. The molecule has 3 heterocycles. The summed E-state index contributed by atoms with van der Waals surface area (Å²) in [5.41, 5.74) is 0.146. The Bertz CT molecular complexity index is 727. The number of piperidine rings is 1. The zero-order chi connectivity index (χ0) is 16.4. The zero-order valence-electron chi connectivity index (χ0n) is 12.3. The normalized spacial score (nSPS) is 18.9. The van der Waals surface area contributed by atoms with Crippen LogP contribution in [-0.2, 0) is 0 Å². The van der Waals surface area contributed by atoms with Gasteiger partial charge in [-0.05, 0) is 37.5 Å². The first-order valence-corrected chi connectivity index (χ1v) is 7.44. The van der Waals surface area contributed by atoms with Crippen LogP contribution in [0, 0.1) is 0 Å². The Morgan fingerprint density at radius 1 is 1.09 bits per heavy atom. The van der Waals surface area contributed by atoms with Crippen molar-refractivity contribution >= 4 is 5.82 Å². The predicted octanol–water partition coefficient (Wildman–Crippen LogP) is 3.15. The predicted molar refractivity (Wildman–Crippen MR) is 80.9 cm³/mol. The van der Waals surface area contributed by atoms with E-state index in [1.807, 2.05) is 0 Å². The van der Waals surface area contributed by atoms with E-state index in [-0.39, 0.29) is 24.3 Å². The SMILES string of the molecule is O=c1cccc(N2CCCCC2C(F)(F)F)n1-c1ccncc1. The van der Waals surface area contributed by atoms with Crippen molar-refractivity contribution in [3.05, 3.63) is 53.1 Å². The summed E-state index contributed by atoms with van der Waals surface area (Å²) in [6.45, 7) is 0.277. The maximum absolute atomic E-state index is 13.4. The van der Waals surface area contributed by atoms with Gasteiger partial charge in [0.25, 0.3) is 5.56 Å². The highest BCUT2D eigenvalue weighted by Crippen LogP contribution is 2.35. The second-order valence-electron chi connectivity index (χ2n) is 5.51. The van der Waals surface area contributed by atoms with E-state index in [4.69, 9.17) is 0 Å². The summed E-state index contributed by atoms with van der Waals surface area (Å²) in [7, 11) is 0. The molecule has 122 valence electrons. The van der Waals surface area contributed by atoms with Gasteiger partial charge in [-0.2, -0.15) is 13.2 Å². The van der Waals surface area contributed by atoms with Gasteiger partial charge >= 0.3 is 6.18 Å². The Hall–Kier alpha value is -2.31. The lowest BCUT2D eigenvalue weighted by Gasteiger charge is -2.39. The highest BCUT2D eigenvalue weighted by Gasteiger charge is 2.45. The number of nitrogens with zero attached hydrogens (tertiary/aromatic N) is 3.